The summed E-state index contributed by atoms with van der Waals surface area (Å²) in [5.74, 6) is -0.513. The molecule has 1 aromatic carbocycles. The third kappa shape index (κ3) is 3.74. The first-order valence-corrected chi connectivity index (χ1v) is 6.88. The van der Waals surface area contributed by atoms with Gasteiger partial charge in [-0.25, -0.2) is 4.39 Å². The van der Waals surface area contributed by atoms with Crippen LogP contribution >= 0.6 is 11.3 Å². The minimum Gasteiger partial charge on any atom is -0.483 e. The van der Waals surface area contributed by atoms with Crippen molar-refractivity contribution in [2.45, 2.75) is 20.5 Å². The molecular weight excluding hydrogens is 281 g/mol. The monoisotopic (exact) mass is 295 g/mol. The van der Waals surface area contributed by atoms with Crippen molar-refractivity contribution in [2.75, 3.05) is 5.32 Å². The summed E-state index contributed by atoms with van der Waals surface area (Å²) in [6.45, 7) is 3.69. The maximum Gasteiger partial charge on any atom is 0.228 e. The van der Waals surface area contributed by atoms with E-state index in [0.29, 0.717) is 10.1 Å². The van der Waals surface area contributed by atoms with Gasteiger partial charge in [0.2, 0.25) is 11.0 Å². The summed E-state index contributed by atoms with van der Waals surface area (Å²) in [5, 5.41) is 11.3. The van der Waals surface area contributed by atoms with Crippen LogP contribution in [-0.2, 0) is 11.4 Å². The zero-order valence-electron chi connectivity index (χ0n) is 11.1. The van der Waals surface area contributed by atoms with Gasteiger partial charge in [0.1, 0.15) is 6.61 Å². The predicted molar refractivity (Wildman–Crippen MR) is 74.1 cm³/mol. The molecule has 7 heteroatoms. The maximum absolute atomic E-state index is 13.3. The van der Waals surface area contributed by atoms with Gasteiger partial charge in [-0.1, -0.05) is 37.3 Å². The molecule has 2 aromatic rings. The van der Waals surface area contributed by atoms with Crippen LogP contribution in [0.5, 0.6) is 5.75 Å². The van der Waals surface area contributed by atoms with Crippen molar-refractivity contribution in [2.24, 2.45) is 5.92 Å². The number of amides is 1. The molecule has 20 heavy (non-hydrogen) atoms. The van der Waals surface area contributed by atoms with Crippen molar-refractivity contribution in [3.63, 3.8) is 0 Å². The highest BCUT2D eigenvalue weighted by Crippen LogP contribution is 2.20. The number of benzene rings is 1. The van der Waals surface area contributed by atoms with E-state index < -0.39 is 5.82 Å². The Morgan fingerprint density at radius 3 is 2.85 bits per heavy atom. The highest BCUT2D eigenvalue weighted by atomic mass is 32.1. The van der Waals surface area contributed by atoms with Crippen LogP contribution < -0.4 is 10.1 Å². The molecule has 0 bridgehead atoms. The first-order valence-electron chi connectivity index (χ1n) is 6.07. The summed E-state index contributed by atoms with van der Waals surface area (Å²) in [6, 6.07) is 6.14. The second-order valence-corrected chi connectivity index (χ2v) is 5.43. The molecule has 106 valence electrons. The van der Waals surface area contributed by atoms with Gasteiger partial charge in [-0.2, -0.15) is 0 Å². The number of hydrogen-bond donors (Lipinski definition) is 1. The molecule has 0 unspecified atom stereocenters. The molecule has 0 spiro atoms. The molecule has 2 rings (SSSR count). The Balaban J connectivity index is 1.93. The van der Waals surface area contributed by atoms with E-state index in [-0.39, 0.29) is 24.2 Å². The van der Waals surface area contributed by atoms with Crippen LogP contribution in [0.15, 0.2) is 24.3 Å². The molecule has 0 aliphatic rings. The highest BCUT2D eigenvalue weighted by Gasteiger charge is 2.11. The van der Waals surface area contributed by atoms with E-state index in [4.69, 9.17) is 4.74 Å². The Hall–Kier alpha value is -2.02. The van der Waals surface area contributed by atoms with Crippen LogP contribution in [0.3, 0.4) is 0 Å². The zero-order valence-corrected chi connectivity index (χ0v) is 11.9. The van der Waals surface area contributed by atoms with E-state index in [1.807, 2.05) is 0 Å². The smallest absolute Gasteiger partial charge is 0.228 e. The van der Waals surface area contributed by atoms with Gasteiger partial charge in [0.25, 0.3) is 0 Å². The minimum atomic E-state index is -0.426. The Bertz CT molecular complexity index is 601. The lowest BCUT2D eigenvalue weighted by Gasteiger charge is -2.04. The van der Waals surface area contributed by atoms with Crippen LogP contribution in [0.25, 0.3) is 0 Å². The quantitative estimate of drug-likeness (QED) is 0.921. The molecular formula is C13H14FN3O2S. The Labute approximate surface area is 119 Å². The number of anilines is 1. The van der Waals surface area contributed by atoms with Crippen molar-refractivity contribution in [1.82, 2.24) is 10.2 Å². The molecule has 5 nitrogen and oxygen atoms in total. The normalized spacial score (nSPS) is 10.6. The van der Waals surface area contributed by atoms with Crippen LogP contribution in [0, 0.1) is 11.7 Å². The summed E-state index contributed by atoms with van der Waals surface area (Å²) in [7, 11) is 0. The van der Waals surface area contributed by atoms with Crippen LogP contribution in [0.4, 0.5) is 9.52 Å². The summed E-state index contributed by atoms with van der Waals surface area (Å²) >= 11 is 1.20. The number of ether oxygens (including phenoxy) is 1. The lowest BCUT2D eigenvalue weighted by atomic mass is 10.2. The summed E-state index contributed by atoms with van der Waals surface area (Å²) < 4.78 is 18.7. The summed E-state index contributed by atoms with van der Waals surface area (Å²) in [4.78, 5) is 11.5. The van der Waals surface area contributed by atoms with Gasteiger partial charge in [-0.3, -0.25) is 4.79 Å². The number of para-hydroxylation sites is 1. The van der Waals surface area contributed by atoms with Crippen molar-refractivity contribution in [3.05, 3.63) is 35.1 Å². The number of carbonyl (C=O) groups excluding carboxylic acids is 1. The lowest BCUT2D eigenvalue weighted by molar-refractivity contribution is -0.118. The van der Waals surface area contributed by atoms with Gasteiger partial charge in [0, 0.05) is 5.92 Å². The summed E-state index contributed by atoms with van der Waals surface area (Å²) in [6.07, 6.45) is 0. The predicted octanol–water partition coefficient (Wildman–Crippen LogP) is 2.85. The van der Waals surface area contributed by atoms with E-state index in [1.165, 1.54) is 23.5 Å². The van der Waals surface area contributed by atoms with Gasteiger partial charge in [-0.15, -0.1) is 10.2 Å². The zero-order chi connectivity index (χ0) is 14.5. The van der Waals surface area contributed by atoms with E-state index in [2.05, 4.69) is 15.5 Å². The average Bonchev–Trinajstić information content (AvgIpc) is 2.85. The topological polar surface area (TPSA) is 64.1 Å². The fraction of sp³-hybridized carbons (Fsp3) is 0.308. The highest BCUT2D eigenvalue weighted by molar-refractivity contribution is 7.15. The van der Waals surface area contributed by atoms with E-state index in [9.17, 15) is 9.18 Å². The van der Waals surface area contributed by atoms with Gasteiger partial charge >= 0.3 is 0 Å². The number of nitrogens with zero attached hydrogens (tertiary/aromatic N) is 2. The Morgan fingerprint density at radius 1 is 1.40 bits per heavy atom. The van der Waals surface area contributed by atoms with E-state index >= 15 is 0 Å². The first kappa shape index (κ1) is 14.4. The lowest BCUT2D eigenvalue weighted by Crippen LogP contribution is -2.17. The molecule has 1 heterocycles. The SMILES string of the molecule is CC(C)C(=O)Nc1nnc(COc2ccccc2F)s1. The van der Waals surface area contributed by atoms with Crippen LogP contribution in [0.2, 0.25) is 0 Å². The van der Waals surface area contributed by atoms with Gasteiger partial charge in [-0.05, 0) is 12.1 Å². The molecule has 0 atom stereocenters. The molecule has 0 saturated carbocycles. The van der Waals surface area contributed by atoms with E-state index in [0.717, 1.165) is 0 Å². The fourth-order valence-electron chi connectivity index (χ4n) is 1.31. The van der Waals surface area contributed by atoms with Crippen molar-refractivity contribution >= 4 is 22.4 Å². The number of carbonyl (C=O) groups is 1. The molecule has 0 aliphatic heterocycles. The number of nitrogens with one attached hydrogen (secondary N) is 1. The largest absolute Gasteiger partial charge is 0.483 e. The molecule has 0 saturated heterocycles. The second-order valence-electron chi connectivity index (χ2n) is 4.36. The molecule has 0 fully saturated rings. The maximum atomic E-state index is 13.3. The second kappa shape index (κ2) is 6.42. The van der Waals surface area contributed by atoms with Gasteiger partial charge in [0.15, 0.2) is 16.6 Å². The Morgan fingerprint density at radius 2 is 2.15 bits per heavy atom. The molecule has 0 radical (unpaired) electrons. The van der Waals surface area contributed by atoms with Gasteiger partial charge < -0.3 is 10.1 Å². The van der Waals surface area contributed by atoms with Crippen LogP contribution in [-0.4, -0.2) is 16.1 Å². The van der Waals surface area contributed by atoms with Crippen molar-refractivity contribution in [1.29, 1.82) is 0 Å². The summed E-state index contributed by atoms with van der Waals surface area (Å²) in [5.41, 5.74) is 0. The fourth-order valence-corrected chi connectivity index (χ4v) is 1.97. The average molecular weight is 295 g/mol. The number of rotatable bonds is 5. The van der Waals surface area contributed by atoms with E-state index in [1.54, 1.807) is 26.0 Å². The molecule has 1 N–H and O–H groups in total. The molecule has 1 aromatic heterocycles. The third-order valence-corrected chi connectivity index (χ3v) is 3.22. The number of hydrogen-bond acceptors (Lipinski definition) is 5. The number of aromatic nitrogens is 2. The van der Waals surface area contributed by atoms with Crippen molar-refractivity contribution in [3.8, 4) is 5.75 Å². The Kier molecular flexibility index (Phi) is 4.62. The third-order valence-electron chi connectivity index (χ3n) is 2.41. The number of halogens is 1. The van der Waals surface area contributed by atoms with Crippen molar-refractivity contribution < 1.29 is 13.9 Å². The molecule has 1 amide bonds. The molecule has 0 aliphatic carbocycles. The standard InChI is InChI=1S/C13H14FN3O2S/c1-8(2)12(18)15-13-17-16-11(20-13)7-19-10-6-4-3-5-9(10)14/h3-6,8H,7H2,1-2H3,(H,15,17,18). The first-order chi connectivity index (χ1) is 9.56. The minimum absolute atomic E-state index is 0.107. The van der Waals surface area contributed by atoms with Crippen LogP contribution in [0.1, 0.15) is 18.9 Å². The van der Waals surface area contributed by atoms with Gasteiger partial charge in [0.05, 0.1) is 0 Å².